The molecule has 0 aromatic heterocycles. The van der Waals surface area contributed by atoms with E-state index in [2.05, 4.69) is 0 Å². The van der Waals surface area contributed by atoms with Gasteiger partial charge in [-0.15, -0.1) is 0 Å². The Balaban J connectivity index is -0.0000000190. The van der Waals surface area contributed by atoms with Crippen LogP contribution >= 0.6 is 0 Å². The summed E-state index contributed by atoms with van der Waals surface area (Å²) in [6.45, 7) is 16.0. The third kappa shape index (κ3) is 70400. The van der Waals surface area contributed by atoms with Crippen LogP contribution in [0.2, 0.25) is 13.6 Å². The fourth-order valence-corrected chi connectivity index (χ4v) is 0. The van der Waals surface area contributed by atoms with Gasteiger partial charge >= 0.3 is 0 Å². The van der Waals surface area contributed by atoms with E-state index in [4.69, 9.17) is 0 Å². The van der Waals surface area contributed by atoms with Gasteiger partial charge in [0.2, 0.25) is 0 Å². The van der Waals surface area contributed by atoms with Crippen molar-refractivity contribution < 1.29 is 0 Å². The minimum atomic E-state index is 2.00. The molecule has 0 aromatic rings. The largest absolute Gasteiger partial charge is 0.102 e. The molecule has 0 aliphatic carbocycles. The molecule has 0 bridgehead atoms. The van der Waals surface area contributed by atoms with E-state index in [-0.39, 0.29) is 0 Å². The minimum Gasteiger partial charge on any atom is -0.0922 e. The first-order valence-corrected chi connectivity index (χ1v) is 4.15. The van der Waals surface area contributed by atoms with Gasteiger partial charge in [-0.3, -0.25) is 0 Å². The molecule has 0 rings (SSSR count). The van der Waals surface area contributed by atoms with Gasteiger partial charge in [-0.05, 0) is 0 Å². The van der Waals surface area contributed by atoms with Crippen LogP contribution in [0.15, 0.2) is 0 Å². The zero-order chi connectivity index (χ0) is 8.71. The molecule has 0 fully saturated rings. The predicted molar refractivity (Wildman–Crippen MR) is 51.5 cm³/mol. The summed E-state index contributed by atoms with van der Waals surface area (Å²) in [6, 6.07) is 0. The molecule has 0 atom stereocenters. The Morgan fingerprint density at radius 3 is 0.556 bits per heavy atom. The van der Waals surface area contributed by atoms with Gasteiger partial charge in [0.05, 0.1) is 0 Å². The number of rotatable bonds is 0. The summed E-state index contributed by atoms with van der Waals surface area (Å²) in [4.78, 5) is 0. The van der Waals surface area contributed by atoms with Crippen LogP contribution < -0.4 is 0 Å². The standard InChI is InChI=1S/C2H6B.3C2H6/c1-3-2;3*1-2/h1-2H3;3*1-2H3. The summed E-state index contributed by atoms with van der Waals surface area (Å²) < 4.78 is 0. The Morgan fingerprint density at radius 2 is 0.556 bits per heavy atom. The van der Waals surface area contributed by atoms with E-state index in [1.807, 2.05) is 62.5 Å². The monoisotopic (exact) mass is 131 g/mol. The zero-order valence-electron chi connectivity index (χ0n) is 8.58. The maximum absolute atomic E-state index is 2.00. The van der Waals surface area contributed by atoms with Crippen molar-refractivity contribution in [2.24, 2.45) is 0 Å². The lowest BCUT2D eigenvalue weighted by Gasteiger charge is -1.41. The molecule has 0 nitrogen and oxygen atoms in total. The second kappa shape index (κ2) is 355. The van der Waals surface area contributed by atoms with Crippen LogP contribution in [0.5, 0.6) is 0 Å². The van der Waals surface area contributed by atoms with Crippen LogP contribution in [0.3, 0.4) is 0 Å². The summed E-state index contributed by atoms with van der Waals surface area (Å²) in [7, 11) is 2.00. The molecule has 0 saturated carbocycles. The Bertz CT molecular complexity index is 4.53. The topological polar surface area (TPSA) is 0 Å². The van der Waals surface area contributed by atoms with E-state index >= 15 is 0 Å². The van der Waals surface area contributed by atoms with Crippen molar-refractivity contribution in [1.29, 1.82) is 0 Å². The van der Waals surface area contributed by atoms with Crippen LogP contribution in [-0.4, -0.2) is 7.28 Å². The SMILES string of the molecule is CC.CC.CC.C[B]C. The highest BCUT2D eigenvalue weighted by molar-refractivity contribution is 6.31. The molecule has 0 aliphatic heterocycles. The van der Waals surface area contributed by atoms with Crippen LogP contribution in [-0.2, 0) is 0 Å². The Kier molecular flexibility index (Phi) is 906. The molecule has 1 heteroatoms. The van der Waals surface area contributed by atoms with Gasteiger partial charge in [-0.1, -0.05) is 55.2 Å². The Morgan fingerprint density at radius 1 is 0.556 bits per heavy atom. The molecule has 0 aliphatic rings. The van der Waals surface area contributed by atoms with Gasteiger partial charge < -0.3 is 0 Å². The van der Waals surface area contributed by atoms with E-state index in [1.54, 1.807) is 0 Å². The van der Waals surface area contributed by atoms with Crippen molar-refractivity contribution in [3.05, 3.63) is 0 Å². The fraction of sp³-hybridized carbons (Fsp3) is 1.00. The highest BCUT2D eigenvalue weighted by Crippen LogP contribution is 1.36. The first-order valence-electron chi connectivity index (χ1n) is 4.15. The van der Waals surface area contributed by atoms with Gasteiger partial charge in [0.25, 0.3) is 0 Å². The number of hydrogen-bond acceptors (Lipinski definition) is 0. The van der Waals surface area contributed by atoms with Gasteiger partial charge in [-0.2, -0.15) is 0 Å². The highest BCUT2D eigenvalue weighted by Gasteiger charge is 1.42. The minimum absolute atomic E-state index is 2.00. The average Bonchev–Trinajstić information content (AvgIpc) is 2.01. The van der Waals surface area contributed by atoms with Crippen LogP contribution in [0.4, 0.5) is 0 Å². The third-order valence-electron chi connectivity index (χ3n) is 0. The average molecular weight is 131 g/mol. The predicted octanol–water partition coefficient (Wildman–Crippen LogP) is 3.87. The van der Waals surface area contributed by atoms with Crippen molar-refractivity contribution in [3.8, 4) is 0 Å². The molecular weight excluding hydrogens is 107 g/mol. The van der Waals surface area contributed by atoms with Crippen LogP contribution in [0.25, 0.3) is 0 Å². The molecule has 1 radical (unpaired) electrons. The molecular formula is C8H24B. The van der Waals surface area contributed by atoms with Crippen molar-refractivity contribution in [1.82, 2.24) is 0 Å². The van der Waals surface area contributed by atoms with E-state index in [0.717, 1.165) is 0 Å². The first-order chi connectivity index (χ1) is 4.41. The van der Waals surface area contributed by atoms with Gasteiger partial charge in [0.15, 0.2) is 0 Å². The molecule has 0 N–H and O–H groups in total. The van der Waals surface area contributed by atoms with E-state index in [1.165, 1.54) is 0 Å². The van der Waals surface area contributed by atoms with Crippen molar-refractivity contribution in [2.75, 3.05) is 0 Å². The lowest BCUT2D eigenvalue weighted by Crippen LogP contribution is -1.53. The fourth-order valence-electron chi connectivity index (χ4n) is 0. The normalized spacial score (nSPS) is 3.56. The van der Waals surface area contributed by atoms with Crippen LogP contribution in [0.1, 0.15) is 41.5 Å². The molecule has 9 heavy (non-hydrogen) atoms. The maximum atomic E-state index is 2.00. The lowest BCUT2D eigenvalue weighted by atomic mass is 9.88. The summed E-state index contributed by atoms with van der Waals surface area (Å²) in [5.74, 6) is 0. The molecule has 0 unspecified atom stereocenters. The first kappa shape index (κ1) is 23.0. The molecule has 0 heterocycles. The second-order valence-corrected chi connectivity index (χ2v) is 0.577. The third-order valence-corrected chi connectivity index (χ3v) is 0. The van der Waals surface area contributed by atoms with Gasteiger partial charge in [-0.25, -0.2) is 0 Å². The van der Waals surface area contributed by atoms with Gasteiger partial charge in [0.1, 0.15) is 7.28 Å². The smallest absolute Gasteiger partial charge is 0.0922 e. The summed E-state index contributed by atoms with van der Waals surface area (Å²) in [5.41, 5.74) is 0. The molecule has 0 amide bonds. The summed E-state index contributed by atoms with van der Waals surface area (Å²) in [5, 5.41) is 0. The molecule has 0 spiro atoms. The summed E-state index contributed by atoms with van der Waals surface area (Å²) >= 11 is 0. The second-order valence-electron chi connectivity index (χ2n) is 0.577. The lowest BCUT2D eigenvalue weighted by molar-refractivity contribution is 1.50. The Labute approximate surface area is 63.3 Å². The Hall–Kier alpha value is 0.0649. The summed E-state index contributed by atoms with van der Waals surface area (Å²) in [6.07, 6.45) is 0. The van der Waals surface area contributed by atoms with Crippen molar-refractivity contribution in [2.45, 2.75) is 55.2 Å². The van der Waals surface area contributed by atoms with E-state index < -0.39 is 0 Å². The van der Waals surface area contributed by atoms with Gasteiger partial charge in [0, 0.05) is 0 Å². The quantitative estimate of drug-likeness (QED) is 0.438. The molecule has 0 saturated heterocycles. The van der Waals surface area contributed by atoms with E-state index in [0.29, 0.717) is 0 Å². The van der Waals surface area contributed by atoms with Crippen molar-refractivity contribution >= 4 is 7.28 Å². The maximum Gasteiger partial charge on any atom is 0.102 e. The van der Waals surface area contributed by atoms with E-state index in [9.17, 15) is 0 Å². The van der Waals surface area contributed by atoms with Crippen molar-refractivity contribution in [3.63, 3.8) is 0 Å². The molecule has 0 aromatic carbocycles. The highest BCUT2D eigenvalue weighted by atomic mass is 13.0. The zero-order valence-corrected chi connectivity index (χ0v) is 8.58. The number of hydrogen-bond donors (Lipinski definition) is 0. The molecule has 59 valence electrons. The van der Waals surface area contributed by atoms with Crippen LogP contribution in [0, 0.1) is 0 Å².